The summed E-state index contributed by atoms with van der Waals surface area (Å²) < 4.78 is 16.3. The zero-order chi connectivity index (χ0) is 20.4. The molecule has 1 N–H and O–H groups in total. The molecule has 1 amide bonds. The number of methoxy groups -OCH3 is 2. The van der Waals surface area contributed by atoms with Gasteiger partial charge in [-0.3, -0.25) is 4.79 Å². The second-order valence-corrected chi connectivity index (χ2v) is 6.96. The van der Waals surface area contributed by atoms with Crippen molar-refractivity contribution >= 4 is 5.91 Å². The van der Waals surface area contributed by atoms with E-state index in [1.165, 1.54) is 5.56 Å². The largest absolute Gasteiger partial charge is 0.493 e. The minimum atomic E-state index is 0.0617. The summed E-state index contributed by atoms with van der Waals surface area (Å²) >= 11 is 0. The monoisotopic (exact) mass is 385 g/mol. The van der Waals surface area contributed by atoms with Crippen LogP contribution in [0.4, 0.5) is 0 Å². The molecule has 0 saturated carbocycles. The summed E-state index contributed by atoms with van der Waals surface area (Å²) in [7, 11) is 3.22. The van der Waals surface area contributed by atoms with Crippen LogP contribution in [0.1, 0.15) is 37.8 Å². The van der Waals surface area contributed by atoms with Crippen molar-refractivity contribution in [3.63, 3.8) is 0 Å². The van der Waals surface area contributed by atoms with Gasteiger partial charge in [0.1, 0.15) is 5.75 Å². The second kappa shape index (κ2) is 11.2. The van der Waals surface area contributed by atoms with Crippen molar-refractivity contribution in [2.24, 2.45) is 0 Å². The lowest BCUT2D eigenvalue weighted by molar-refractivity contribution is -0.121. The van der Waals surface area contributed by atoms with E-state index in [2.05, 4.69) is 17.4 Å². The van der Waals surface area contributed by atoms with Crippen LogP contribution in [0.25, 0.3) is 0 Å². The summed E-state index contributed by atoms with van der Waals surface area (Å²) in [5.41, 5.74) is 2.27. The number of nitrogens with one attached hydrogen (secondary N) is 1. The van der Waals surface area contributed by atoms with Crippen LogP contribution in [-0.2, 0) is 17.6 Å². The Hall–Kier alpha value is -2.69. The fourth-order valence-corrected chi connectivity index (χ4v) is 2.95. The lowest BCUT2D eigenvalue weighted by Crippen LogP contribution is -2.25. The molecule has 0 spiro atoms. The molecule has 28 heavy (non-hydrogen) atoms. The van der Waals surface area contributed by atoms with Gasteiger partial charge in [-0.1, -0.05) is 18.2 Å². The first-order valence-electron chi connectivity index (χ1n) is 9.75. The first-order chi connectivity index (χ1) is 13.5. The molecule has 0 aromatic heterocycles. The molecular formula is C23H31NO4. The number of rotatable bonds is 11. The van der Waals surface area contributed by atoms with Crippen molar-refractivity contribution in [3.05, 3.63) is 53.6 Å². The fraction of sp³-hybridized carbons (Fsp3) is 0.435. The molecule has 2 aromatic rings. The number of amides is 1. The van der Waals surface area contributed by atoms with Crippen molar-refractivity contribution in [1.29, 1.82) is 0 Å². The van der Waals surface area contributed by atoms with Crippen LogP contribution in [0, 0.1) is 0 Å². The summed E-state index contributed by atoms with van der Waals surface area (Å²) in [6.07, 6.45) is 3.09. The third-order valence-corrected chi connectivity index (χ3v) is 4.32. The van der Waals surface area contributed by atoms with Gasteiger partial charge in [-0.15, -0.1) is 0 Å². The molecule has 5 nitrogen and oxygen atoms in total. The molecule has 0 saturated heterocycles. The molecule has 0 bridgehead atoms. The van der Waals surface area contributed by atoms with Crippen LogP contribution >= 0.6 is 0 Å². The van der Waals surface area contributed by atoms with Crippen LogP contribution in [0.2, 0.25) is 0 Å². The molecule has 152 valence electrons. The van der Waals surface area contributed by atoms with Gasteiger partial charge >= 0.3 is 0 Å². The highest BCUT2D eigenvalue weighted by molar-refractivity contribution is 5.76. The lowest BCUT2D eigenvalue weighted by atomic mass is 10.1. The summed E-state index contributed by atoms with van der Waals surface area (Å²) in [6.45, 7) is 4.70. The second-order valence-electron chi connectivity index (χ2n) is 6.96. The number of hydrogen-bond acceptors (Lipinski definition) is 4. The van der Waals surface area contributed by atoms with Crippen LogP contribution in [0.3, 0.4) is 0 Å². The molecule has 2 rings (SSSR count). The van der Waals surface area contributed by atoms with E-state index in [0.717, 1.165) is 24.2 Å². The Kier molecular flexibility index (Phi) is 8.66. The summed E-state index contributed by atoms with van der Waals surface area (Å²) in [5, 5.41) is 3.00. The molecule has 0 unspecified atom stereocenters. The average molecular weight is 386 g/mol. The van der Waals surface area contributed by atoms with Crippen molar-refractivity contribution in [1.82, 2.24) is 5.32 Å². The van der Waals surface area contributed by atoms with Crippen molar-refractivity contribution < 1.29 is 19.0 Å². The number of carbonyl (C=O) groups is 1. The Morgan fingerprint density at radius 1 is 0.964 bits per heavy atom. The number of benzene rings is 2. The smallest absolute Gasteiger partial charge is 0.220 e. The zero-order valence-electron chi connectivity index (χ0n) is 17.3. The Balaban J connectivity index is 1.70. The first kappa shape index (κ1) is 21.6. The standard InChI is InChI=1S/C23H31NO4/c1-17(2)28-20-9-5-7-18(15-20)8-6-14-24-23(25)13-11-19-10-12-21(26-3)22(16-19)27-4/h5,7,9-10,12,15-17H,6,8,11,13-14H2,1-4H3,(H,24,25). The number of carbonyl (C=O) groups excluding carboxylic acids is 1. The van der Waals surface area contributed by atoms with Crippen molar-refractivity contribution in [3.8, 4) is 17.2 Å². The molecule has 0 aliphatic carbocycles. The van der Waals surface area contributed by atoms with Gasteiger partial charge in [-0.25, -0.2) is 0 Å². The molecule has 0 atom stereocenters. The van der Waals surface area contributed by atoms with Crippen LogP contribution in [0.15, 0.2) is 42.5 Å². The molecule has 0 radical (unpaired) electrons. The molecule has 0 aliphatic heterocycles. The summed E-state index contributed by atoms with van der Waals surface area (Å²) in [4.78, 5) is 12.1. The fourth-order valence-electron chi connectivity index (χ4n) is 2.95. The quantitative estimate of drug-likeness (QED) is 0.590. The molecule has 5 heteroatoms. The molecule has 2 aromatic carbocycles. The number of aryl methyl sites for hydroxylation is 2. The van der Waals surface area contributed by atoms with Gasteiger partial charge in [0.25, 0.3) is 0 Å². The predicted octanol–water partition coefficient (Wildman–Crippen LogP) is 4.17. The van der Waals surface area contributed by atoms with Gasteiger partial charge in [0.15, 0.2) is 11.5 Å². The van der Waals surface area contributed by atoms with E-state index in [-0.39, 0.29) is 12.0 Å². The number of ether oxygens (including phenoxy) is 3. The van der Waals surface area contributed by atoms with E-state index < -0.39 is 0 Å². The highest BCUT2D eigenvalue weighted by atomic mass is 16.5. The van der Waals surface area contributed by atoms with Gasteiger partial charge in [0.05, 0.1) is 20.3 Å². The highest BCUT2D eigenvalue weighted by Crippen LogP contribution is 2.27. The first-order valence-corrected chi connectivity index (χ1v) is 9.75. The third-order valence-electron chi connectivity index (χ3n) is 4.32. The zero-order valence-corrected chi connectivity index (χ0v) is 17.3. The third kappa shape index (κ3) is 7.14. The summed E-state index contributed by atoms with van der Waals surface area (Å²) in [5.74, 6) is 2.33. The van der Waals surface area contributed by atoms with E-state index in [1.54, 1.807) is 14.2 Å². The average Bonchev–Trinajstić information content (AvgIpc) is 2.69. The Morgan fingerprint density at radius 2 is 1.71 bits per heavy atom. The van der Waals surface area contributed by atoms with Crippen molar-refractivity contribution in [2.45, 2.75) is 45.6 Å². The van der Waals surface area contributed by atoms with E-state index in [4.69, 9.17) is 14.2 Å². The Bertz CT molecular complexity index is 758. The highest BCUT2D eigenvalue weighted by Gasteiger charge is 2.07. The van der Waals surface area contributed by atoms with Crippen molar-refractivity contribution in [2.75, 3.05) is 20.8 Å². The Labute approximate surface area is 168 Å². The Morgan fingerprint density at radius 3 is 2.43 bits per heavy atom. The normalized spacial score (nSPS) is 10.6. The van der Waals surface area contributed by atoms with Gasteiger partial charge < -0.3 is 19.5 Å². The minimum absolute atomic E-state index is 0.0617. The topological polar surface area (TPSA) is 56.8 Å². The van der Waals surface area contributed by atoms with E-state index in [9.17, 15) is 4.79 Å². The molecule has 0 heterocycles. The van der Waals surface area contributed by atoms with Crippen LogP contribution in [-0.4, -0.2) is 32.8 Å². The van der Waals surface area contributed by atoms with E-state index >= 15 is 0 Å². The van der Waals surface area contributed by atoms with Gasteiger partial charge in [0, 0.05) is 13.0 Å². The lowest BCUT2D eigenvalue weighted by Gasteiger charge is -2.11. The summed E-state index contributed by atoms with van der Waals surface area (Å²) in [6, 6.07) is 13.9. The van der Waals surface area contributed by atoms with Gasteiger partial charge in [-0.2, -0.15) is 0 Å². The van der Waals surface area contributed by atoms with Gasteiger partial charge in [-0.05, 0) is 68.5 Å². The molecule has 0 aliphatic rings. The maximum absolute atomic E-state index is 12.1. The maximum Gasteiger partial charge on any atom is 0.220 e. The number of hydrogen-bond donors (Lipinski definition) is 1. The molecule has 0 fully saturated rings. The minimum Gasteiger partial charge on any atom is -0.493 e. The molecular weight excluding hydrogens is 354 g/mol. The van der Waals surface area contributed by atoms with E-state index in [1.807, 2.05) is 44.2 Å². The SMILES string of the molecule is COc1ccc(CCC(=O)NCCCc2cccc(OC(C)C)c2)cc1OC. The van der Waals surface area contributed by atoms with Crippen LogP contribution < -0.4 is 19.5 Å². The van der Waals surface area contributed by atoms with Crippen LogP contribution in [0.5, 0.6) is 17.2 Å². The maximum atomic E-state index is 12.1. The predicted molar refractivity (Wildman–Crippen MR) is 111 cm³/mol. The van der Waals surface area contributed by atoms with E-state index in [0.29, 0.717) is 30.9 Å². The van der Waals surface area contributed by atoms with Gasteiger partial charge in [0.2, 0.25) is 5.91 Å².